The van der Waals surface area contributed by atoms with Crippen molar-refractivity contribution in [2.75, 3.05) is 17.2 Å². The Labute approximate surface area is 129 Å². The highest BCUT2D eigenvalue weighted by molar-refractivity contribution is 9.10. The lowest BCUT2D eigenvalue weighted by Crippen LogP contribution is -2.25. The fourth-order valence-corrected chi connectivity index (χ4v) is 3.33. The average molecular weight is 364 g/mol. The van der Waals surface area contributed by atoms with Gasteiger partial charge in [-0.05, 0) is 34.0 Å². The Hall–Kier alpha value is -0.590. The minimum atomic E-state index is 0.0279. The summed E-state index contributed by atoms with van der Waals surface area (Å²) in [5, 5.41) is 0.386. The van der Waals surface area contributed by atoms with E-state index in [1.165, 1.54) is 18.7 Å². The van der Waals surface area contributed by atoms with Crippen molar-refractivity contribution in [2.24, 2.45) is 5.92 Å². The van der Waals surface area contributed by atoms with E-state index in [0.29, 0.717) is 34.2 Å². The van der Waals surface area contributed by atoms with Crippen LogP contribution in [0.15, 0.2) is 16.7 Å². The Kier molecular flexibility index (Phi) is 4.86. The van der Waals surface area contributed by atoms with Gasteiger partial charge >= 0.3 is 0 Å². The normalized spacial score (nSPS) is 19.0. The number of anilines is 1. The summed E-state index contributed by atoms with van der Waals surface area (Å²) in [4.78, 5) is 28.7. The van der Waals surface area contributed by atoms with Gasteiger partial charge in [0, 0.05) is 25.6 Å². The quantitative estimate of drug-likeness (QED) is 0.774. The molecule has 1 aliphatic heterocycles. The maximum Gasteiger partial charge on any atom is 0.227 e. The van der Waals surface area contributed by atoms with Gasteiger partial charge in [-0.25, -0.2) is 4.98 Å². The number of rotatable bonds is 3. The van der Waals surface area contributed by atoms with Crippen LogP contribution in [-0.4, -0.2) is 28.3 Å². The van der Waals surface area contributed by atoms with Crippen LogP contribution in [0.1, 0.15) is 13.3 Å². The van der Waals surface area contributed by atoms with Crippen molar-refractivity contribution >= 4 is 56.0 Å². The molecule has 1 saturated heterocycles. The summed E-state index contributed by atoms with van der Waals surface area (Å²) < 4.78 is 0.636. The second-order valence-electron chi connectivity index (χ2n) is 4.32. The third-order valence-corrected chi connectivity index (χ3v) is 4.58. The van der Waals surface area contributed by atoms with Crippen molar-refractivity contribution < 1.29 is 9.59 Å². The molecular formula is C12H12BrClN2O2S. The van der Waals surface area contributed by atoms with E-state index in [0.717, 1.165) is 0 Å². The van der Waals surface area contributed by atoms with Crippen molar-refractivity contribution in [3.8, 4) is 0 Å². The number of carbonyl (C=O) groups excluding carboxylic acids is 2. The third-order valence-electron chi connectivity index (χ3n) is 2.81. The van der Waals surface area contributed by atoms with Crippen molar-refractivity contribution in [2.45, 2.75) is 13.3 Å². The lowest BCUT2D eigenvalue weighted by atomic mass is 10.1. The zero-order chi connectivity index (χ0) is 14.0. The van der Waals surface area contributed by atoms with Gasteiger partial charge in [-0.1, -0.05) is 23.4 Å². The lowest BCUT2D eigenvalue weighted by molar-refractivity contribution is -0.117. The Morgan fingerprint density at radius 3 is 3.00 bits per heavy atom. The van der Waals surface area contributed by atoms with Crippen molar-refractivity contribution in [3.05, 3.63) is 21.9 Å². The van der Waals surface area contributed by atoms with E-state index in [-0.39, 0.29) is 16.9 Å². The van der Waals surface area contributed by atoms with E-state index in [4.69, 9.17) is 11.6 Å². The number of nitrogens with zero attached hydrogens (tertiary/aromatic N) is 2. The maximum atomic E-state index is 12.0. The molecule has 1 aromatic heterocycles. The maximum absolute atomic E-state index is 12.0. The van der Waals surface area contributed by atoms with Gasteiger partial charge < -0.3 is 4.90 Å². The number of carbonyl (C=O) groups is 2. The zero-order valence-corrected chi connectivity index (χ0v) is 13.4. The molecule has 0 aliphatic carbocycles. The predicted molar refractivity (Wildman–Crippen MR) is 80.5 cm³/mol. The van der Waals surface area contributed by atoms with Crippen LogP contribution in [0.3, 0.4) is 0 Å². The van der Waals surface area contributed by atoms with Crippen molar-refractivity contribution in [1.29, 1.82) is 0 Å². The number of aromatic nitrogens is 1. The van der Waals surface area contributed by atoms with E-state index < -0.39 is 0 Å². The molecule has 0 N–H and O–H groups in total. The monoisotopic (exact) mass is 362 g/mol. The van der Waals surface area contributed by atoms with Crippen LogP contribution < -0.4 is 4.90 Å². The Bertz CT molecular complexity index is 526. The first-order valence-corrected chi connectivity index (χ1v) is 7.89. The molecule has 0 saturated carbocycles. The Balaban J connectivity index is 2.09. The number of amides is 1. The molecule has 0 radical (unpaired) electrons. The minimum Gasteiger partial charge on any atom is -0.309 e. The molecule has 0 bridgehead atoms. The molecule has 19 heavy (non-hydrogen) atoms. The summed E-state index contributed by atoms with van der Waals surface area (Å²) in [6.07, 6.45) is 0.451. The fourth-order valence-electron chi connectivity index (χ4n) is 1.97. The standard InChI is InChI=1S/C12H12BrClN2O2S/c1-7(17)19-6-8-4-11(18)16(5-8)9-2-3-10(13)15-12(9)14/h2-3,8H,4-6H2,1H3. The number of halogens is 2. The number of hydrogen-bond donors (Lipinski definition) is 0. The summed E-state index contributed by atoms with van der Waals surface area (Å²) in [5.74, 6) is 0.875. The molecule has 1 amide bonds. The van der Waals surface area contributed by atoms with E-state index in [2.05, 4.69) is 20.9 Å². The Morgan fingerprint density at radius 2 is 2.37 bits per heavy atom. The van der Waals surface area contributed by atoms with E-state index in [9.17, 15) is 9.59 Å². The SMILES string of the molecule is CC(=O)SCC1CC(=O)N(c2ccc(Br)nc2Cl)C1. The van der Waals surface area contributed by atoms with E-state index in [1.807, 2.05) is 0 Å². The molecule has 2 rings (SSSR count). The first-order valence-electron chi connectivity index (χ1n) is 5.73. The van der Waals surface area contributed by atoms with Gasteiger partial charge in [0.25, 0.3) is 0 Å². The highest BCUT2D eigenvalue weighted by Gasteiger charge is 2.32. The van der Waals surface area contributed by atoms with Crippen LogP contribution >= 0.6 is 39.3 Å². The minimum absolute atomic E-state index is 0.0279. The van der Waals surface area contributed by atoms with Gasteiger partial charge in [0.1, 0.15) is 4.60 Å². The van der Waals surface area contributed by atoms with E-state index >= 15 is 0 Å². The number of pyridine rings is 1. The van der Waals surface area contributed by atoms with Crippen LogP contribution in [0, 0.1) is 5.92 Å². The highest BCUT2D eigenvalue weighted by Crippen LogP contribution is 2.32. The zero-order valence-electron chi connectivity index (χ0n) is 10.2. The van der Waals surface area contributed by atoms with Gasteiger partial charge in [0.15, 0.2) is 10.3 Å². The van der Waals surface area contributed by atoms with E-state index in [1.54, 1.807) is 17.0 Å². The number of thioether (sulfide) groups is 1. The molecule has 4 nitrogen and oxygen atoms in total. The van der Waals surface area contributed by atoms with Crippen LogP contribution in [0.4, 0.5) is 5.69 Å². The second kappa shape index (κ2) is 6.24. The highest BCUT2D eigenvalue weighted by atomic mass is 79.9. The summed E-state index contributed by atoms with van der Waals surface area (Å²) >= 11 is 10.5. The molecule has 102 valence electrons. The second-order valence-corrected chi connectivity index (χ2v) is 6.69. The molecule has 1 unspecified atom stereocenters. The first-order chi connectivity index (χ1) is 8.97. The van der Waals surface area contributed by atoms with Crippen LogP contribution in [-0.2, 0) is 9.59 Å². The molecule has 2 heterocycles. The molecule has 1 aromatic rings. The summed E-state index contributed by atoms with van der Waals surface area (Å²) in [6, 6.07) is 3.53. The van der Waals surface area contributed by atoms with Crippen LogP contribution in [0.25, 0.3) is 0 Å². The molecule has 1 aliphatic rings. The molecule has 0 aromatic carbocycles. The van der Waals surface area contributed by atoms with Crippen LogP contribution in [0.2, 0.25) is 5.15 Å². The first kappa shape index (κ1) is 14.8. The molecule has 1 fully saturated rings. The van der Waals surface area contributed by atoms with Gasteiger partial charge in [-0.3, -0.25) is 9.59 Å². The third kappa shape index (κ3) is 3.70. The van der Waals surface area contributed by atoms with Gasteiger partial charge in [-0.2, -0.15) is 0 Å². The largest absolute Gasteiger partial charge is 0.309 e. The lowest BCUT2D eigenvalue weighted by Gasteiger charge is -2.17. The molecule has 1 atom stereocenters. The van der Waals surface area contributed by atoms with Gasteiger partial charge in [-0.15, -0.1) is 0 Å². The van der Waals surface area contributed by atoms with Gasteiger partial charge in [0.05, 0.1) is 5.69 Å². The molecule has 7 heteroatoms. The smallest absolute Gasteiger partial charge is 0.227 e. The Morgan fingerprint density at radius 1 is 1.63 bits per heavy atom. The summed E-state index contributed by atoms with van der Waals surface area (Å²) in [7, 11) is 0. The van der Waals surface area contributed by atoms with Crippen molar-refractivity contribution in [3.63, 3.8) is 0 Å². The van der Waals surface area contributed by atoms with Crippen molar-refractivity contribution in [1.82, 2.24) is 4.98 Å². The topological polar surface area (TPSA) is 50.3 Å². The summed E-state index contributed by atoms with van der Waals surface area (Å²) in [5.41, 5.74) is 0.630. The molecule has 0 spiro atoms. The molecular weight excluding hydrogens is 352 g/mol. The number of hydrogen-bond acceptors (Lipinski definition) is 4. The van der Waals surface area contributed by atoms with Gasteiger partial charge in [0.2, 0.25) is 5.91 Å². The summed E-state index contributed by atoms with van der Waals surface area (Å²) in [6.45, 7) is 2.12. The predicted octanol–water partition coefficient (Wildman–Crippen LogP) is 3.13. The van der Waals surface area contributed by atoms with Crippen LogP contribution in [0.5, 0.6) is 0 Å². The fraction of sp³-hybridized carbons (Fsp3) is 0.417. The average Bonchev–Trinajstić information content (AvgIpc) is 2.68.